The SMILES string of the molecule is NCC(c1cccc(Cl)c1)c1ccco1. The Morgan fingerprint density at radius 1 is 1.27 bits per heavy atom. The molecular weight excluding hydrogens is 210 g/mol. The third-order valence-corrected chi connectivity index (χ3v) is 2.61. The fourth-order valence-electron chi connectivity index (χ4n) is 1.63. The molecule has 0 aliphatic carbocycles. The zero-order valence-corrected chi connectivity index (χ0v) is 8.95. The number of benzene rings is 1. The third kappa shape index (κ3) is 2.22. The van der Waals surface area contributed by atoms with E-state index in [9.17, 15) is 0 Å². The number of furan rings is 1. The molecular formula is C12H12ClNO. The van der Waals surface area contributed by atoms with Crippen LogP contribution in [0.5, 0.6) is 0 Å². The van der Waals surface area contributed by atoms with Gasteiger partial charge in [0.15, 0.2) is 0 Å². The molecule has 15 heavy (non-hydrogen) atoms. The highest BCUT2D eigenvalue weighted by atomic mass is 35.5. The number of halogens is 1. The van der Waals surface area contributed by atoms with Gasteiger partial charge in [-0.15, -0.1) is 0 Å². The van der Waals surface area contributed by atoms with Crippen LogP contribution in [0.15, 0.2) is 47.1 Å². The van der Waals surface area contributed by atoms with E-state index in [0.29, 0.717) is 6.54 Å². The first-order chi connectivity index (χ1) is 7.31. The first-order valence-corrected chi connectivity index (χ1v) is 5.18. The van der Waals surface area contributed by atoms with Gasteiger partial charge < -0.3 is 10.2 Å². The van der Waals surface area contributed by atoms with Gasteiger partial charge in [-0.1, -0.05) is 23.7 Å². The van der Waals surface area contributed by atoms with Gasteiger partial charge in [0.1, 0.15) is 5.76 Å². The average Bonchev–Trinajstić information content (AvgIpc) is 2.72. The van der Waals surface area contributed by atoms with Crippen molar-refractivity contribution in [3.63, 3.8) is 0 Å². The highest BCUT2D eigenvalue weighted by Gasteiger charge is 2.14. The van der Waals surface area contributed by atoms with Crippen molar-refractivity contribution in [1.29, 1.82) is 0 Å². The van der Waals surface area contributed by atoms with Gasteiger partial charge in [0, 0.05) is 11.6 Å². The monoisotopic (exact) mass is 221 g/mol. The first kappa shape index (κ1) is 10.3. The lowest BCUT2D eigenvalue weighted by molar-refractivity contribution is 0.487. The van der Waals surface area contributed by atoms with Crippen LogP contribution in [0.4, 0.5) is 0 Å². The summed E-state index contributed by atoms with van der Waals surface area (Å²) in [5, 5.41) is 0.720. The lowest BCUT2D eigenvalue weighted by Crippen LogP contribution is -2.13. The zero-order chi connectivity index (χ0) is 10.7. The predicted molar refractivity (Wildman–Crippen MR) is 61.1 cm³/mol. The highest BCUT2D eigenvalue weighted by Crippen LogP contribution is 2.25. The molecule has 2 nitrogen and oxygen atoms in total. The second kappa shape index (κ2) is 4.51. The number of nitrogens with two attached hydrogens (primary N) is 1. The van der Waals surface area contributed by atoms with Crippen molar-refractivity contribution >= 4 is 11.6 Å². The van der Waals surface area contributed by atoms with Crippen LogP contribution in [-0.2, 0) is 0 Å². The van der Waals surface area contributed by atoms with Crippen molar-refractivity contribution in [3.8, 4) is 0 Å². The van der Waals surface area contributed by atoms with Crippen LogP contribution in [0.3, 0.4) is 0 Å². The fraction of sp³-hybridized carbons (Fsp3) is 0.167. The molecule has 2 N–H and O–H groups in total. The van der Waals surface area contributed by atoms with Crippen molar-refractivity contribution in [2.24, 2.45) is 5.73 Å². The van der Waals surface area contributed by atoms with E-state index < -0.39 is 0 Å². The molecule has 1 aromatic carbocycles. The smallest absolute Gasteiger partial charge is 0.112 e. The molecule has 1 heterocycles. The molecule has 0 amide bonds. The van der Waals surface area contributed by atoms with E-state index in [2.05, 4.69) is 0 Å². The van der Waals surface area contributed by atoms with Gasteiger partial charge in [-0.05, 0) is 29.8 Å². The molecule has 0 radical (unpaired) electrons. The summed E-state index contributed by atoms with van der Waals surface area (Å²) < 4.78 is 5.36. The molecule has 3 heteroatoms. The largest absolute Gasteiger partial charge is 0.469 e. The molecule has 78 valence electrons. The molecule has 0 aliphatic rings. The molecule has 0 saturated carbocycles. The summed E-state index contributed by atoms with van der Waals surface area (Å²) in [6.07, 6.45) is 1.66. The first-order valence-electron chi connectivity index (χ1n) is 4.80. The van der Waals surface area contributed by atoms with Crippen LogP contribution in [0.1, 0.15) is 17.2 Å². The van der Waals surface area contributed by atoms with Gasteiger partial charge in [-0.25, -0.2) is 0 Å². The molecule has 0 bridgehead atoms. The molecule has 0 saturated heterocycles. The van der Waals surface area contributed by atoms with Crippen LogP contribution in [-0.4, -0.2) is 6.54 Å². The second-order valence-corrected chi connectivity index (χ2v) is 3.80. The van der Waals surface area contributed by atoms with Crippen LogP contribution in [0.2, 0.25) is 5.02 Å². The number of hydrogen-bond acceptors (Lipinski definition) is 2. The predicted octanol–water partition coefficient (Wildman–Crippen LogP) is 3.02. The Balaban J connectivity index is 2.35. The second-order valence-electron chi connectivity index (χ2n) is 3.36. The third-order valence-electron chi connectivity index (χ3n) is 2.37. The highest BCUT2D eigenvalue weighted by molar-refractivity contribution is 6.30. The maximum atomic E-state index is 5.94. The summed E-state index contributed by atoms with van der Waals surface area (Å²) in [5.41, 5.74) is 6.83. The summed E-state index contributed by atoms with van der Waals surface area (Å²) in [4.78, 5) is 0. The maximum absolute atomic E-state index is 5.94. The average molecular weight is 222 g/mol. The molecule has 2 rings (SSSR count). The van der Waals surface area contributed by atoms with Crippen LogP contribution in [0.25, 0.3) is 0 Å². The van der Waals surface area contributed by atoms with Crippen molar-refractivity contribution in [2.45, 2.75) is 5.92 Å². The Bertz CT molecular complexity index is 425. The van der Waals surface area contributed by atoms with Gasteiger partial charge in [0.2, 0.25) is 0 Å². The minimum absolute atomic E-state index is 0.0821. The normalized spacial score (nSPS) is 12.7. The lowest BCUT2D eigenvalue weighted by atomic mass is 9.97. The maximum Gasteiger partial charge on any atom is 0.112 e. The lowest BCUT2D eigenvalue weighted by Gasteiger charge is -2.12. The van der Waals surface area contributed by atoms with E-state index in [1.54, 1.807) is 6.26 Å². The van der Waals surface area contributed by atoms with Crippen molar-refractivity contribution in [3.05, 3.63) is 59.0 Å². The molecule has 1 unspecified atom stereocenters. The number of rotatable bonds is 3. The van der Waals surface area contributed by atoms with Gasteiger partial charge in [0.25, 0.3) is 0 Å². The summed E-state index contributed by atoms with van der Waals surface area (Å²) in [6.45, 7) is 0.508. The standard InChI is InChI=1S/C12H12ClNO/c13-10-4-1-3-9(7-10)11(8-14)12-5-2-6-15-12/h1-7,11H,8,14H2. The molecule has 1 atom stereocenters. The Morgan fingerprint density at radius 2 is 2.13 bits per heavy atom. The Hall–Kier alpha value is -1.25. The van der Waals surface area contributed by atoms with E-state index in [-0.39, 0.29) is 5.92 Å². The summed E-state index contributed by atoms with van der Waals surface area (Å²) >= 11 is 5.94. The van der Waals surface area contributed by atoms with Crippen molar-refractivity contribution in [2.75, 3.05) is 6.54 Å². The minimum Gasteiger partial charge on any atom is -0.469 e. The van der Waals surface area contributed by atoms with Gasteiger partial charge in [-0.3, -0.25) is 0 Å². The minimum atomic E-state index is 0.0821. The Labute approximate surface area is 93.7 Å². The van der Waals surface area contributed by atoms with Gasteiger partial charge in [-0.2, -0.15) is 0 Å². The molecule has 0 aliphatic heterocycles. The van der Waals surface area contributed by atoms with E-state index in [1.807, 2.05) is 36.4 Å². The van der Waals surface area contributed by atoms with Crippen molar-refractivity contribution in [1.82, 2.24) is 0 Å². The molecule has 1 aromatic heterocycles. The number of hydrogen-bond donors (Lipinski definition) is 1. The Kier molecular flexibility index (Phi) is 3.09. The summed E-state index contributed by atoms with van der Waals surface area (Å²) in [7, 11) is 0. The van der Waals surface area contributed by atoms with E-state index in [0.717, 1.165) is 16.3 Å². The van der Waals surface area contributed by atoms with Crippen molar-refractivity contribution < 1.29 is 4.42 Å². The van der Waals surface area contributed by atoms with Crippen LogP contribution in [0, 0.1) is 0 Å². The Morgan fingerprint density at radius 3 is 2.73 bits per heavy atom. The van der Waals surface area contributed by atoms with Gasteiger partial charge >= 0.3 is 0 Å². The summed E-state index contributed by atoms with van der Waals surface area (Å²) in [5.74, 6) is 0.957. The van der Waals surface area contributed by atoms with E-state index in [1.165, 1.54) is 0 Å². The van der Waals surface area contributed by atoms with Crippen LogP contribution < -0.4 is 5.73 Å². The van der Waals surface area contributed by atoms with Crippen LogP contribution >= 0.6 is 11.6 Å². The van der Waals surface area contributed by atoms with E-state index >= 15 is 0 Å². The summed E-state index contributed by atoms with van der Waals surface area (Å²) in [6, 6.07) is 11.5. The molecule has 0 fully saturated rings. The molecule has 2 aromatic rings. The fourth-order valence-corrected chi connectivity index (χ4v) is 1.83. The van der Waals surface area contributed by atoms with Gasteiger partial charge in [0.05, 0.1) is 12.2 Å². The van der Waals surface area contributed by atoms with E-state index in [4.69, 9.17) is 21.8 Å². The topological polar surface area (TPSA) is 39.2 Å². The molecule has 0 spiro atoms. The zero-order valence-electron chi connectivity index (χ0n) is 8.19. The quantitative estimate of drug-likeness (QED) is 0.866.